The highest BCUT2D eigenvalue weighted by molar-refractivity contribution is 6.07. The summed E-state index contributed by atoms with van der Waals surface area (Å²) >= 11 is 0. The number of rotatable bonds is 5. The molecule has 2 aliphatic heterocycles. The van der Waals surface area contributed by atoms with Crippen molar-refractivity contribution in [1.29, 1.82) is 0 Å². The second-order valence-corrected chi connectivity index (χ2v) is 15.8. The largest absolute Gasteiger partial charge is 0.472 e. The Labute approximate surface area is 311 Å². The number of nitrogens with one attached hydrogen (secondary N) is 2. The maximum absolute atomic E-state index is 15.4. The molecule has 3 amide bonds. The predicted octanol–water partition coefficient (Wildman–Crippen LogP) is 6.04. The first kappa shape index (κ1) is 37.2. The molecule has 4 heterocycles. The van der Waals surface area contributed by atoms with Crippen LogP contribution >= 0.6 is 0 Å². The molecule has 1 aliphatic carbocycles. The van der Waals surface area contributed by atoms with Crippen molar-refractivity contribution in [3.63, 3.8) is 0 Å². The van der Waals surface area contributed by atoms with Gasteiger partial charge in [-0.3, -0.25) is 14.4 Å². The number of benzene rings is 2. The normalized spacial score (nSPS) is 26.2. The van der Waals surface area contributed by atoms with Crippen LogP contribution in [0.15, 0.2) is 59.1 Å². The fourth-order valence-corrected chi connectivity index (χ4v) is 7.73. The summed E-state index contributed by atoms with van der Waals surface area (Å²) in [5, 5.41) is 11.9. The molecule has 0 spiro atoms. The van der Waals surface area contributed by atoms with Gasteiger partial charge in [-0.25, -0.2) is 18.6 Å². The third-order valence-corrected chi connectivity index (χ3v) is 10.5. The maximum atomic E-state index is 15.4. The highest BCUT2D eigenvalue weighted by atomic mass is 19.3. The first-order valence-corrected chi connectivity index (χ1v) is 18.5. The van der Waals surface area contributed by atoms with Gasteiger partial charge in [-0.2, -0.15) is 0 Å². The number of halogens is 2. The quantitative estimate of drug-likeness (QED) is 0.184. The van der Waals surface area contributed by atoms with Crippen LogP contribution in [0.3, 0.4) is 0 Å². The molecule has 12 nitrogen and oxygen atoms in total. The maximum Gasteiger partial charge on any atom is 0.332 e. The number of hydrogen-bond acceptors (Lipinski definition) is 9. The number of pyridine rings is 1. The second kappa shape index (κ2) is 14.3. The molecule has 5 atom stereocenters. The van der Waals surface area contributed by atoms with Gasteiger partial charge >= 0.3 is 5.97 Å². The minimum atomic E-state index is -3.10. The van der Waals surface area contributed by atoms with Crippen molar-refractivity contribution in [3.8, 4) is 5.88 Å². The van der Waals surface area contributed by atoms with Gasteiger partial charge in [-0.05, 0) is 64.5 Å². The van der Waals surface area contributed by atoms with Crippen LogP contribution in [0.25, 0.3) is 21.7 Å². The number of amides is 3. The topological polar surface area (TPSA) is 153 Å². The zero-order valence-corrected chi connectivity index (χ0v) is 30.8. The fourth-order valence-electron chi connectivity index (χ4n) is 7.73. The average Bonchev–Trinajstić information content (AvgIpc) is 3.39. The number of carbonyl (C=O) groups is 4. The number of nitrogens with zero attached hydrogens (tertiary/aromatic N) is 3. The lowest BCUT2D eigenvalue weighted by atomic mass is 10.00. The number of carbonyl (C=O) groups excluding carboxylic acids is 4. The minimum absolute atomic E-state index is 0.00871. The van der Waals surface area contributed by atoms with Crippen LogP contribution in [-0.2, 0) is 19.1 Å². The van der Waals surface area contributed by atoms with E-state index in [9.17, 15) is 19.2 Å². The summed E-state index contributed by atoms with van der Waals surface area (Å²) in [4.78, 5) is 62.1. The van der Waals surface area contributed by atoms with E-state index in [1.54, 1.807) is 27.7 Å². The molecule has 3 aliphatic rings. The van der Waals surface area contributed by atoms with E-state index in [0.717, 1.165) is 16.2 Å². The lowest BCUT2D eigenvalue weighted by Crippen LogP contribution is -2.57. The Bertz CT molecular complexity index is 2100. The minimum Gasteiger partial charge on any atom is -0.472 e. The van der Waals surface area contributed by atoms with Crippen molar-refractivity contribution >= 4 is 45.4 Å². The van der Waals surface area contributed by atoms with E-state index in [0.29, 0.717) is 30.0 Å². The van der Waals surface area contributed by atoms with Gasteiger partial charge in [0.15, 0.2) is 5.69 Å². The molecule has 3 fully saturated rings. The summed E-state index contributed by atoms with van der Waals surface area (Å²) in [7, 11) is 0. The number of aryl methyl sites for hydroxylation is 1. The van der Waals surface area contributed by atoms with Crippen molar-refractivity contribution in [1.82, 2.24) is 25.7 Å². The van der Waals surface area contributed by atoms with Crippen LogP contribution in [0.4, 0.5) is 8.78 Å². The van der Waals surface area contributed by atoms with Crippen LogP contribution in [-0.4, -0.2) is 80.5 Å². The molecule has 2 saturated heterocycles. The van der Waals surface area contributed by atoms with E-state index in [2.05, 4.69) is 15.8 Å². The van der Waals surface area contributed by atoms with Gasteiger partial charge < -0.3 is 29.5 Å². The standard InChI is InChI=1S/C40H45F2N5O7/c1-23-18-31(46-54-23)33(48)43-30-16-6-5-11-17-39(41,42)20-24-21-40(24,37(51)53-38(2,3)4)45-34(49)32-19-25(22-47(32)36(30)50)52-35-28-14-8-7-12-26(28)27-13-9-10-15-29(27)44-35/h7-10,12-15,18,24-25,30,32H,5-6,11,16-17,19-22H2,1-4H3,(H,43,48)(H,45,49)/t24-,25-,30+,32+,40-/m1/s1. The molecule has 2 aromatic carbocycles. The van der Waals surface area contributed by atoms with E-state index in [4.69, 9.17) is 19.0 Å². The van der Waals surface area contributed by atoms with Gasteiger partial charge in [0, 0.05) is 42.0 Å². The molecule has 286 valence electrons. The van der Waals surface area contributed by atoms with Crippen molar-refractivity contribution in [2.24, 2.45) is 5.92 Å². The molecule has 0 unspecified atom stereocenters. The molecule has 7 rings (SSSR count). The van der Waals surface area contributed by atoms with Crippen LogP contribution in [0.5, 0.6) is 5.88 Å². The van der Waals surface area contributed by atoms with Gasteiger partial charge in [0.25, 0.3) is 5.91 Å². The SMILES string of the molecule is Cc1cc(C(=O)N[C@H]2CCCCCC(F)(F)C[C@@H]3C[C@@]3(C(=O)OC(C)(C)C)NC(=O)[C@@H]3C[C@@H](Oc4nc5ccccc5c5ccccc45)CN3C2=O)no1. The molecule has 2 N–H and O–H groups in total. The second-order valence-electron chi connectivity index (χ2n) is 15.8. The van der Waals surface area contributed by atoms with Crippen molar-refractivity contribution in [2.75, 3.05) is 6.54 Å². The summed E-state index contributed by atoms with van der Waals surface area (Å²) < 4.78 is 48.0. The number of hydrogen-bond donors (Lipinski definition) is 2. The molecule has 2 aromatic heterocycles. The summed E-state index contributed by atoms with van der Waals surface area (Å²) in [5.41, 5.74) is -1.95. The molecule has 0 radical (unpaired) electrons. The van der Waals surface area contributed by atoms with Crippen LogP contribution in [0.2, 0.25) is 0 Å². The Morgan fingerprint density at radius 1 is 1.00 bits per heavy atom. The molecular formula is C40H45F2N5O7. The Morgan fingerprint density at radius 3 is 2.44 bits per heavy atom. The number of ether oxygens (including phenoxy) is 2. The Hall–Kier alpha value is -5.14. The lowest BCUT2D eigenvalue weighted by molar-refractivity contribution is -0.161. The van der Waals surface area contributed by atoms with Gasteiger partial charge in [0.1, 0.15) is 35.1 Å². The zero-order valence-electron chi connectivity index (χ0n) is 30.8. The van der Waals surface area contributed by atoms with Crippen LogP contribution in [0, 0.1) is 12.8 Å². The molecule has 1 saturated carbocycles. The molecule has 4 aromatic rings. The summed E-state index contributed by atoms with van der Waals surface area (Å²) in [6.45, 7) is 6.59. The molecule has 14 heteroatoms. The first-order valence-electron chi connectivity index (χ1n) is 18.5. The highest BCUT2D eigenvalue weighted by Crippen LogP contribution is 2.52. The smallest absolute Gasteiger partial charge is 0.332 e. The van der Waals surface area contributed by atoms with Gasteiger partial charge in [0.2, 0.25) is 23.6 Å². The summed E-state index contributed by atoms with van der Waals surface area (Å²) in [5.74, 6) is -5.93. The van der Waals surface area contributed by atoms with Crippen molar-refractivity contribution in [2.45, 2.75) is 114 Å². The highest BCUT2D eigenvalue weighted by Gasteiger charge is 2.65. The number of fused-ring (bicyclic) bond motifs is 5. The number of alkyl halides is 2. The predicted molar refractivity (Wildman–Crippen MR) is 194 cm³/mol. The Balaban J connectivity index is 1.24. The fraction of sp³-hybridized carbons (Fsp3) is 0.500. The van der Waals surface area contributed by atoms with E-state index in [1.165, 1.54) is 11.0 Å². The summed E-state index contributed by atoms with van der Waals surface area (Å²) in [6.07, 6.45) is -0.741. The molecule has 54 heavy (non-hydrogen) atoms. The van der Waals surface area contributed by atoms with E-state index >= 15 is 8.78 Å². The lowest BCUT2D eigenvalue weighted by Gasteiger charge is -2.30. The van der Waals surface area contributed by atoms with Crippen molar-refractivity contribution in [3.05, 3.63) is 66.1 Å². The van der Waals surface area contributed by atoms with E-state index in [-0.39, 0.29) is 37.9 Å². The van der Waals surface area contributed by atoms with Crippen LogP contribution in [0.1, 0.15) is 88.4 Å². The van der Waals surface area contributed by atoms with Crippen LogP contribution < -0.4 is 15.4 Å². The zero-order chi connectivity index (χ0) is 38.4. The number of para-hydroxylation sites is 1. The third-order valence-electron chi connectivity index (χ3n) is 10.5. The average molecular weight is 746 g/mol. The first-order chi connectivity index (χ1) is 25.6. The van der Waals surface area contributed by atoms with Crippen molar-refractivity contribution < 1.29 is 42.0 Å². The van der Waals surface area contributed by atoms with E-state index < -0.39 is 77.7 Å². The monoisotopic (exact) mass is 745 g/mol. The van der Waals surface area contributed by atoms with Gasteiger partial charge in [0.05, 0.1) is 12.1 Å². The molecule has 0 bridgehead atoms. The Morgan fingerprint density at radius 2 is 1.72 bits per heavy atom. The number of aromatic nitrogens is 2. The number of esters is 1. The molecular weight excluding hydrogens is 700 g/mol. The third kappa shape index (κ3) is 7.74. The van der Waals surface area contributed by atoms with E-state index in [1.807, 2.05) is 48.5 Å². The van der Waals surface area contributed by atoms with Gasteiger partial charge in [-0.15, -0.1) is 0 Å². The van der Waals surface area contributed by atoms with Gasteiger partial charge in [-0.1, -0.05) is 54.4 Å². The summed E-state index contributed by atoms with van der Waals surface area (Å²) in [6, 6.07) is 14.4. The Kier molecular flexibility index (Phi) is 9.82.